The molecule has 1 aromatic rings. The summed E-state index contributed by atoms with van der Waals surface area (Å²) in [6, 6.07) is 1.95. The monoisotopic (exact) mass is 272 g/mol. The summed E-state index contributed by atoms with van der Waals surface area (Å²) in [5.74, 6) is 0.249. The molecular weight excluding hydrogens is 256 g/mol. The van der Waals surface area contributed by atoms with Crippen LogP contribution < -0.4 is 0 Å². The molecule has 0 amide bonds. The van der Waals surface area contributed by atoms with E-state index in [1.807, 2.05) is 11.4 Å². The van der Waals surface area contributed by atoms with Crippen LogP contribution in [0.3, 0.4) is 0 Å². The third-order valence-electron chi connectivity index (χ3n) is 2.01. The highest BCUT2D eigenvalue weighted by Gasteiger charge is 2.19. The third-order valence-corrected chi connectivity index (χ3v) is 2.98. The van der Waals surface area contributed by atoms with E-state index in [9.17, 15) is 0 Å². The molecule has 0 aliphatic heterocycles. The minimum Gasteiger partial charge on any atom is -0.477 e. The fraction of sp³-hybridized carbons (Fsp3) is 0.455. The Labute approximate surface area is 110 Å². The summed E-state index contributed by atoms with van der Waals surface area (Å²) in [5, 5.41) is 9.64. The summed E-state index contributed by atoms with van der Waals surface area (Å²) in [6.45, 7) is 0.478. The summed E-state index contributed by atoms with van der Waals surface area (Å²) in [4.78, 5) is 10.4. The van der Waals surface area contributed by atoms with Crippen molar-refractivity contribution in [3.05, 3.63) is 21.9 Å². The Morgan fingerprint density at radius 3 is 2.44 bits per heavy atom. The SMILES string of the molecule is COCc1ccsc1C(=N\OC)/C(=N/OC)OC. The maximum absolute atomic E-state index is 5.14. The fourth-order valence-corrected chi connectivity index (χ4v) is 2.22. The van der Waals surface area contributed by atoms with Crippen LogP contribution in [0.25, 0.3) is 0 Å². The summed E-state index contributed by atoms with van der Waals surface area (Å²) in [5.41, 5.74) is 1.46. The quantitative estimate of drug-likeness (QED) is 0.450. The van der Waals surface area contributed by atoms with E-state index >= 15 is 0 Å². The zero-order valence-electron chi connectivity index (χ0n) is 10.8. The Bertz CT molecular complexity index is 428. The molecule has 1 heterocycles. The average molecular weight is 272 g/mol. The molecule has 0 unspecified atom stereocenters. The molecular formula is C11H16N2O4S. The van der Waals surface area contributed by atoms with Gasteiger partial charge in [-0.05, 0) is 22.2 Å². The van der Waals surface area contributed by atoms with Gasteiger partial charge in [-0.2, -0.15) is 0 Å². The Kier molecular flexibility index (Phi) is 6.16. The van der Waals surface area contributed by atoms with Crippen molar-refractivity contribution >= 4 is 22.9 Å². The van der Waals surface area contributed by atoms with Gasteiger partial charge in [-0.3, -0.25) is 0 Å². The minimum atomic E-state index is 0.249. The van der Waals surface area contributed by atoms with Gasteiger partial charge in [0.15, 0.2) is 5.71 Å². The smallest absolute Gasteiger partial charge is 0.281 e. The topological polar surface area (TPSA) is 61.6 Å². The Morgan fingerprint density at radius 2 is 1.89 bits per heavy atom. The number of ether oxygens (including phenoxy) is 2. The van der Waals surface area contributed by atoms with Crippen molar-refractivity contribution < 1.29 is 19.1 Å². The minimum absolute atomic E-state index is 0.249. The Hall–Kier alpha value is -1.60. The van der Waals surface area contributed by atoms with Crippen molar-refractivity contribution in [2.24, 2.45) is 10.3 Å². The molecule has 0 aliphatic rings. The van der Waals surface area contributed by atoms with Crippen LogP contribution in [-0.2, 0) is 25.8 Å². The van der Waals surface area contributed by atoms with Gasteiger partial charge in [-0.25, -0.2) is 0 Å². The first-order valence-electron chi connectivity index (χ1n) is 5.10. The predicted molar refractivity (Wildman–Crippen MR) is 70.0 cm³/mol. The highest BCUT2D eigenvalue weighted by atomic mass is 32.1. The maximum atomic E-state index is 5.14. The summed E-state index contributed by atoms with van der Waals surface area (Å²) >= 11 is 1.50. The maximum Gasteiger partial charge on any atom is 0.281 e. The Morgan fingerprint density at radius 1 is 1.17 bits per heavy atom. The third kappa shape index (κ3) is 3.44. The standard InChI is InChI=1S/C11H16N2O4S/c1-14-7-8-5-6-18-10(8)9(12-16-3)11(15-2)13-17-4/h5-6H,7H2,1-4H3/b12-9+,13-11-. The van der Waals surface area contributed by atoms with Gasteiger partial charge in [0, 0.05) is 7.11 Å². The van der Waals surface area contributed by atoms with Crippen LogP contribution in [0.1, 0.15) is 10.4 Å². The van der Waals surface area contributed by atoms with Gasteiger partial charge in [0.2, 0.25) is 0 Å². The van der Waals surface area contributed by atoms with Gasteiger partial charge in [0.05, 0.1) is 18.6 Å². The summed E-state index contributed by atoms with van der Waals surface area (Å²) in [6.07, 6.45) is 0. The highest BCUT2D eigenvalue weighted by Crippen LogP contribution is 2.20. The number of methoxy groups -OCH3 is 2. The first-order valence-corrected chi connectivity index (χ1v) is 5.98. The first kappa shape index (κ1) is 14.5. The lowest BCUT2D eigenvalue weighted by molar-refractivity contribution is 0.185. The second kappa shape index (κ2) is 7.67. The lowest BCUT2D eigenvalue weighted by atomic mass is 10.2. The van der Waals surface area contributed by atoms with Crippen molar-refractivity contribution in [2.45, 2.75) is 6.61 Å². The van der Waals surface area contributed by atoms with E-state index in [4.69, 9.17) is 19.1 Å². The predicted octanol–water partition coefficient (Wildman–Crippen LogP) is 1.85. The molecule has 1 rings (SSSR count). The molecule has 7 heteroatoms. The van der Waals surface area contributed by atoms with E-state index in [1.165, 1.54) is 32.7 Å². The second-order valence-electron chi connectivity index (χ2n) is 3.11. The van der Waals surface area contributed by atoms with Crippen molar-refractivity contribution in [1.82, 2.24) is 0 Å². The zero-order valence-corrected chi connectivity index (χ0v) is 11.6. The molecule has 0 radical (unpaired) electrons. The summed E-state index contributed by atoms with van der Waals surface area (Å²) < 4.78 is 10.3. The van der Waals surface area contributed by atoms with Crippen LogP contribution in [0.4, 0.5) is 0 Å². The van der Waals surface area contributed by atoms with Crippen molar-refractivity contribution in [3.8, 4) is 0 Å². The van der Waals surface area contributed by atoms with Gasteiger partial charge >= 0.3 is 0 Å². The van der Waals surface area contributed by atoms with Crippen molar-refractivity contribution in [1.29, 1.82) is 0 Å². The molecule has 0 aliphatic carbocycles. The number of hydrogen-bond acceptors (Lipinski definition) is 7. The fourth-order valence-electron chi connectivity index (χ4n) is 1.34. The first-order chi connectivity index (χ1) is 8.78. The van der Waals surface area contributed by atoms with Crippen molar-refractivity contribution in [3.63, 3.8) is 0 Å². The molecule has 0 atom stereocenters. The number of hydrogen-bond donors (Lipinski definition) is 0. The normalized spacial score (nSPS) is 12.4. The van der Waals surface area contributed by atoms with Gasteiger partial charge in [0.25, 0.3) is 5.90 Å². The molecule has 1 aromatic heterocycles. The van der Waals surface area contributed by atoms with Crippen LogP contribution in [0.15, 0.2) is 21.8 Å². The average Bonchev–Trinajstić information content (AvgIpc) is 2.82. The Balaban J connectivity index is 3.16. The molecule has 0 saturated carbocycles. The van der Waals surface area contributed by atoms with E-state index in [0.717, 1.165) is 10.4 Å². The second-order valence-corrected chi connectivity index (χ2v) is 4.03. The van der Waals surface area contributed by atoms with Crippen LogP contribution in [0.5, 0.6) is 0 Å². The molecule has 0 aromatic carbocycles. The van der Waals surface area contributed by atoms with E-state index in [1.54, 1.807) is 7.11 Å². The zero-order chi connectivity index (χ0) is 13.4. The van der Waals surface area contributed by atoms with Crippen LogP contribution in [0, 0.1) is 0 Å². The molecule has 0 N–H and O–H groups in total. The van der Waals surface area contributed by atoms with E-state index in [2.05, 4.69) is 10.3 Å². The molecule has 0 bridgehead atoms. The number of rotatable bonds is 6. The number of oxime groups is 2. The van der Waals surface area contributed by atoms with Gasteiger partial charge in [0.1, 0.15) is 14.2 Å². The van der Waals surface area contributed by atoms with Crippen molar-refractivity contribution in [2.75, 3.05) is 28.4 Å². The van der Waals surface area contributed by atoms with Crippen LogP contribution in [-0.4, -0.2) is 40.0 Å². The molecule has 100 valence electrons. The molecule has 0 fully saturated rings. The van der Waals surface area contributed by atoms with E-state index in [-0.39, 0.29) is 5.90 Å². The molecule has 6 nitrogen and oxygen atoms in total. The van der Waals surface area contributed by atoms with Gasteiger partial charge < -0.3 is 19.1 Å². The number of nitrogens with zero attached hydrogens (tertiary/aromatic N) is 2. The van der Waals surface area contributed by atoms with Gasteiger partial charge in [-0.1, -0.05) is 5.16 Å². The number of thiophene rings is 1. The molecule has 18 heavy (non-hydrogen) atoms. The van der Waals surface area contributed by atoms with Crippen LogP contribution in [0.2, 0.25) is 0 Å². The molecule has 0 spiro atoms. The lowest BCUT2D eigenvalue weighted by Crippen LogP contribution is -2.19. The van der Waals surface area contributed by atoms with Gasteiger partial charge in [-0.15, -0.1) is 11.3 Å². The summed E-state index contributed by atoms with van der Waals surface area (Å²) in [7, 11) is 6.03. The lowest BCUT2D eigenvalue weighted by Gasteiger charge is -2.07. The van der Waals surface area contributed by atoms with E-state index < -0.39 is 0 Å². The van der Waals surface area contributed by atoms with E-state index in [0.29, 0.717) is 12.3 Å². The highest BCUT2D eigenvalue weighted by molar-refractivity contribution is 7.13. The largest absolute Gasteiger partial charge is 0.477 e. The molecule has 0 saturated heterocycles. The van der Waals surface area contributed by atoms with Crippen LogP contribution >= 0.6 is 11.3 Å².